The minimum Gasteiger partial charge on any atom is -0.395 e. The summed E-state index contributed by atoms with van der Waals surface area (Å²) in [5.74, 6) is 0.410. The lowest BCUT2D eigenvalue weighted by Crippen LogP contribution is -2.63. The summed E-state index contributed by atoms with van der Waals surface area (Å²) >= 11 is 0. The van der Waals surface area contributed by atoms with Crippen LogP contribution in [0.3, 0.4) is 0 Å². The fraction of sp³-hybridized carbons (Fsp3) is 0.667. The zero-order valence-electron chi connectivity index (χ0n) is 14.1. The molecule has 0 radical (unpaired) electrons. The fourth-order valence-electron chi connectivity index (χ4n) is 4.04. The number of hydrogen-bond acceptors (Lipinski definition) is 6. The molecule has 2 saturated heterocycles. The summed E-state index contributed by atoms with van der Waals surface area (Å²) in [6.45, 7) is 4.79. The number of aryl methyl sites for hydroxylation is 1. The largest absolute Gasteiger partial charge is 0.395 e. The van der Waals surface area contributed by atoms with Crippen molar-refractivity contribution in [2.75, 3.05) is 37.7 Å². The quantitative estimate of drug-likeness (QED) is 0.597. The summed E-state index contributed by atoms with van der Waals surface area (Å²) in [6.07, 6.45) is -2.24. The Kier molecular flexibility index (Phi) is 5.42. The van der Waals surface area contributed by atoms with E-state index in [1.165, 1.54) is 11.3 Å². The Bertz CT molecular complexity index is 556. The van der Waals surface area contributed by atoms with E-state index in [2.05, 4.69) is 30.0 Å². The van der Waals surface area contributed by atoms with E-state index in [4.69, 9.17) is 0 Å². The molecular formula is C18H28N2O4. The molecule has 5 atom stereocenters. The summed E-state index contributed by atoms with van der Waals surface area (Å²) in [4.78, 5) is 4.30. The molecule has 4 N–H and O–H groups in total. The van der Waals surface area contributed by atoms with Crippen molar-refractivity contribution in [2.45, 2.75) is 37.7 Å². The SMILES string of the molecule is Cc1ccccc1N1CC[C@H](CN2C[C@H](O)[C@@H](O)[C@H](O)[C@H]2CO)C1. The Morgan fingerprint density at radius 1 is 1.08 bits per heavy atom. The van der Waals surface area contributed by atoms with E-state index in [1.54, 1.807) is 0 Å². The molecule has 0 saturated carbocycles. The molecule has 1 aromatic rings. The predicted octanol–water partition coefficient (Wildman–Crippen LogP) is -0.419. The lowest BCUT2D eigenvalue weighted by molar-refractivity contribution is -0.146. The van der Waals surface area contributed by atoms with E-state index in [0.29, 0.717) is 12.5 Å². The topological polar surface area (TPSA) is 87.4 Å². The highest BCUT2D eigenvalue weighted by molar-refractivity contribution is 5.53. The van der Waals surface area contributed by atoms with Crippen molar-refractivity contribution < 1.29 is 20.4 Å². The molecular weight excluding hydrogens is 308 g/mol. The Balaban J connectivity index is 1.63. The monoisotopic (exact) mass is 336 g/mol. The third-order valence-corrected chi connectivity index (χ3v) is 5.45. The van der Waals surface area contributed by atoms with Crippen LogP contribution in [0.2, 0.25) is 0 Å². The van der Waals surface area contributed by atoms with Crippen LogP contribution in [0.25, 0.3) is 0 Å². The summed E-state index contributed by atoms with van der Waals surface area (Å²) in [6, 6.07) is 7.83. The van der Waals surface area contributed by atoms with Gasteiger partial charge in [-0.2, -0.15) is 0 Å². The Morgan fingerprint density at radius 3 is 2.54 bits per heavy atom. The fourth-order valence-corrected chi connectivity index (χ4v) is 4.04. The van der Waals surface area contributed by atoms with Crippen molar-refractivity contribution in [3.63, 3.8) is 0 Å². The van der Waals surface area contributed by atoms with E-state index >= 15 is 0 Å². The average Bonchev–Trinajstić information content (AvgIpc) is 3.02. The molecule has 3 rings (SSSR count). The number of anilines is 1. The van der Waals surface area contributed by atoms with Crippen molar-refractivity contribution >= 4 is 5.69 Å². The Morgan fingerprint density at radius 2 is 1.83 bits per heavy atom. The van der Waals surface area contributed by atoms with E-state index in [1.807, 2.05) is 11.0 Å². The molecule has 2 fully saturated rings. The van der Waals surface area contributed by atoms with Crippen molar-refractivity contribution in [3.8, 4) is 0 Å². The molecule has 1 aromatic carbocycles. The number of para-hydroxylation sites is 1. The van der Waals surface area contributed by atoms with Crippen LogP contribution in [0.4, 0.5) is 5.69 Å². The molecule has 6 nitrogen and oxygen atoms in total. The molecule has 134 valence electrons. The van der Waals surface area contributed by atoms with Gasteiger partial charge in [0.05, 0.1) is 18.8 Å². The van der Waals surface area contributed by atoms with Gasteiger partial charge in [-0.05, 0) is 30.9 Å². The van der Waals surface area contributed by atoms with Gasteiger partial charge in [0.25, 0.3) is 0 Å². The van der Waals surface area contributed by atoms with Gasteiger partial charge in [0, 0.05) is 31.9 Å². The van der Waals surface area contributed by atoms with E-state index < -0.39 is 24.4 Å². The lowest BCUT2D eigenvalue weighted by atomic mass is 9.93. The van der Waals surface area contributed by atoms with Crippen LogP contribution in [0.1, 0.15) is 12.0 Å². The standard InChI is InChI=1S/C18H28N2O4/c1-12-4-2-3-5-14(12)19-7-6-13(8-19)9-20-10-16(22)18(24)17(23)15(20)11-21/h2-5,13,15-18,21-24H,6-11H2,1H3/t13-,15+,16-,17+,18+/m0/s1. The Labute approximate surface area is 142 Å². The van der Waals surface area contributed by atoms with Crippen molar-refractivity contribution in [3.05, 3.63) is 29.8 Å². The van der Waals surface area contributed by atoms with Crippen molar-refractivity contribution in [2.24, 2.45) is 5.92 Å². The third kappa shape index (κ3) is 3.43. The van der Waals surface area contributed by atoms with Gasteiger partial charge in [0.15, 0.2) is 0 Å². The first-order valence-electron chi connectivity index (χ1n) is 8.71. The van der Waals surface area contributed by atoms with E-state index in [-0.39, 0.29) is 13.2 Å². The second-order valence-corrected chi connectivity index (χ2v) is 7.14. The van der Waals surface area contributed by atoms with Crippen molar-refractivity contribution in [1.29, 1.82) is 0 Å². The number of aliphatic hydroxyl groups is 4. The van der Waals surface area contributed by atoms with Crippen LogP contribution >= 0.6 is 0 Å². The number of hydrogen-bond donors (Lipinski definition) is 4. The number of benzene rings is 1. The molecule has 0 aliphatic carbocycles. The van der Waals surface area contributed by atoms with Crippen LogP contribution in [0.15, 0.2) is 24.3 Å². The van der Waals surface area contributed by atoms with Gasteiger partial charge in [0.2, 0.25) is 0 Å². The number of piperidine rings is 1. The Hall–Kier alpha value is -1.18. The first-order chi connectivity index (χ1) is 11.5. The molecule has 2 aliphatic heterocycles. The second-order valence-electron chi connectivity index (χ2n) is 7.14. The highest BCUT2D eigenvalue weighted by atomic mass is 16.4. The first kappa shape index (κ1) is 17.6. The molecule has 2 aliphatic rings. The number of β-amino-alcohol motifs (C(OH)–C–C–N with tert-alkyl or cyclic N) is 1. The number of likely N-dealkylation sites (tertiary alicyclic amines) is 1. The normalized spacial score (nSPS) is 34.7. The molecule has 0 aromatic heterocycles. The number of rotatable bonds is 4. The van der Waals surface area contributed by atoms with Gasteiger partial charge >= 0.3 is 0 Å². The highest BCUT2D eigenvalue weighted by Gasteiger charge is 2.42. The van der Waals surface area contributed by atoms with E-state index in [9.17, 15) is 20.4 Å². The summed E-state index contributed by atoms with van der Waals surface area (Å²) in [7, 11) is 0. The molecule has 0 spiro atoms. The molecule has 0 unspecified atom stereocenters. The maximum absolute atomic E-state index is 10.1. The van der Waals surface area contributed by atoms with Gasteiger partial charge in [0.1, 0.15) is 12.2 Å². The average molecular weight is 336 g/mol. The zero-order valence-corrected chi connectivity index (χ0v) is 14.1. The summed E-state index contributed by atoms with van der Waals surface area (Å²) < 4.78 is 0. The van der Waals surface area contributed by atoms with Gasteiger partial charge < -0.3 is 25.3 Å². The third-order valence-electron chi connectivity index (χ3n) is 5.45. The molecule has 24 heavy (non-hydrogen) atoms. The second kappa shape index (κ2) is 7.37. The molecule has 6 heteroatoms. The minimum absolute atomic E-state index is 0.223. The summed E-state index contributed by atoms with van der Waals surface area (Å²) in [5, 5.41) is 39.4. The number of aliphatic hydroxyl groups excluding tert-OH is 4. The smallest absolute Gasteiger partial charge is 0.109 e. The first-order valence-corrected chi connectivity index (χ1v) is 8.71. The van der Waals surface area contributed by atoms with Gasteiger partial charge in [-0.1, -0.05) is 18.2 Å². The maximum Gasteiger partial charge on any atom is 0.109 e. The van der Waals surface area contributed by atoms with Crippen LogP contribution in [0, 0.1) is 12.8 Å². The minimum atomic E-state index is -1.19. The van der Waals surface area contributed by atoms with Crippen LogP contribution in [-0.2, 0) is 0 Å². The lowest BCUT2D eigenvalue weighted by Gasteiger charge is -2.44. The zero-order chi connectivity index (χ0) is 17.3. The van der Waals surface area contributed by atoms with E-state index in [0.717, 1.165) is 19.5 Å². The molecule has 0 amide bonds. The van der Waals surface area contributed by atoms with Gasteiger partial charge in [-0.25, -0.2) is 0 Å². The van der Waals surface area contributed by atoms with Gasteiger partial charge in [-0.3, -0.25) is 4.90 Å². The highest BCUT2D eigenvalue weighted by Crippen LogP contribution is 2.28. The molecule has 2 heterocycles. The maximum atomic E-state index is 10.1. The van der Waals surface area contributed by atoms with Gasteiger partial charge in [-0.15, -0.1) is 0 Å². The van der Waals surface area contributed by atoms with Crippen LogP contribution in [0.5, 0.6) is 0 Å². The predicted molar refractivity (Wildman–Crippen MR) is 92.0 cm³/mol. The van der Waals surface area contributed by atoms with Crippen molar-refractivity contribution in [1.82, 2.24) is 4.90 Å². The number of nitrogens with zero attached hydrogens (tertiary/aromatic N) is 2. The van der Waals surface area contributed by atoms with Crippen LogP contribution < -0.4 is 4.90 Å². The molecule has 0 bridgehead atoms. The van der Waals surface area contributed by atoms with Crippen LogP contribution in [-0.4, -0.2) is 82.5 Å². The summed E-state index contributed by atoms with van der Waals surface area (Å²) in [5.41, 5.74) is 2.52.